The molecule has 0 bridgehead atoms. The third-order valence-electron chi connectivity index (χ3n) is 4.30. The van der Waals surface area contributed by atoms with Gasteiger partial charge in [0, 0.05) is 30.6 Å². The van der Waals surface area contributed by atoms with Gasteiger partial charge in [0.1, 0.15) is 12.6 Å². The number of rotatable bonds is 7. The second-order valence-electron chi connectivity index (χ2n) is 6.74. The molecular weight excluding hydrogens is 368 g/mol. The molecule has 144 valence electrons. The zero-order valence-electron chi connectivity index (χ0n) is 15.5. The molecule has 1 unspecified atom stereocenters. The van der Waals surface area contributed by atoms with Crippen LogP contribution in [0.3, 0.4) is 0 Å². The van der Waals surface area contributed by atoms with E-state index < -0.39 is 18.0 Å². The van der Waals surface area contributed by atoms with E-state index in [1.165, 1.54) is 4.90 Å². The van der Waals surface area contributed by atoms with E-state index in [2.05, 4.69) is 15.6 Å². The summed E-state index contributed by atoms with van der Waals surface area (Å²) < 4.78 is 1.69. The van der Waals surface area contributed by atoms with Crippen LogP contribution < -0.4 is 5.32 Å². The molecule has 2 aromatic heterocycles. The highest BCUT2D eigenvalue weighted by Crippen LogP contribution is 2.14. The maximum atomic E-state index is 12.6. The highest BCUT2D eigenvalue weighted by Gasteiger charge is 2.39. The average molecular weight is 390 g/mol. The van der Waals surface area contributed by atoms with Crippen LogP contribution in [0.4, 0.5) is 4.79 Å². The maximum Gasteiger partial charge on any atom is 0.325 e. The Bertz CT molecular complexity index is 832. The summed E-state index contributed by atoms with van der Waals surface area (Å²) >= 11 is 1.55. The van der Waals surface area contributed by atoms with Crippen molar-refractivity contribution in [3.05, 3.63) is 34.3 Å². The van der Waals surface area contributed by atoms with Crippen molar-refractivity contribution in [2.45, 2.75) is 38.9 Å². The van der Waals surface area contributed by atoms with Gasteiger partial charge < -0.3 is 10.2 Å². The fraction of sp³-hybridized carbons (Fsp3) is 0.471. The van der Waals surface area contributed by atoms with Crippen molar-refractivity contribution in [1.82, 2.24) is 30.1 Å². The summed E-state index contributed by atoms with van der Waals surface area (Å²) in [7, 11) is 1.65. The molecule has 1 saturated heterocycles. The molecule has 10 heteroatoms. The number of hydrogen-bond donors (Lipinski definition) is 1. The molecule has 4 amide bonds. The fourth-order valence-corrected chi connectivity index (χ4v) is 3.47. The molecule has 3 rings (SSSR count). The van der Waals surface area contributed by atoms with Crippen LogP contribution in [0.1, 0.15) is 30.5 Å². The van der Waals surface area contributed by atoms with Gasteiger partial charge in [-0.2, -0.15) is 0 Å². The zero-order chi connectivity index (χ0) is 19.6. The monoisotopic (exact) mass is 390 g/mol. The molecule has 1 atom stereocenters. The summed E-state index contributed by atoms with van der Waals surface area (Å²) in [6.07, 6.45) is 2.00. The van der Waals surface area contributed by atoms with Crippen LogP contribution in [0.15, 0.2) is 23.7 Å². The standard InChI is InChI=1S/C17H22N6O3S/c1-11(2)23-8-12(19-20-23)7-14-16(25)22(17(26)18-14)10-15(24)21(3)9-13-5-4-6-27-13/h4-6,8,11,14H,7,9-10H2,1-3H3,(H,18,26). The number of urea groups is 1. The number of imide groups is 1. The van der Waals surface area contributed by atoms with Crippen LogP contribution in [0, 0.1) is 0 Å². The first-order valence-electron chi connectivity index (χ1n) is 8.64. The van der Waals surface area contributed by atoms with E-state index in [0.29, 0.717) is 12.2 Å². The van der Waals surface area contributed by atoms with Crippen LogP contribution in [-0.4, -0.2) is 62.3 Å². The second kappa shape index (κ2) is 7.87. The Morgan fingerprint density at radius 2 is 2.19 bits per heavy atom. The molecule has 2 aromatic rings. The van der Waals surface area contributed by atoms with Gasteiger partial charge in [-0.3, -0.25) is 14.5 Å². The molecule has 1 fully saturated rings. The van der Waals surface area contributed by atoms with Gasteiger partial charge in [-0.05, 0) is 25.3 Å². The molecular formula is C17H22N6O3S. The van der Waals surface area contributed by atoms with Gasteiger partial charge in [-0.1, -0.05) is 11.3 Å². The average Bonchev–Trinajstić information content (AvgIpc) is 3.34. The van der Waals surface area contributed by atoms with Crippen LogP contribution in [-0.2, 0) is 22.6 Å². The maximum absolute atomic E-state index is 12.6. The van der Waals surface area contributed by atoms with E-state index in [0.717, 1.165) is 9.78 Å². The Hall–Kier alpha value is -2.75. The molecule has 0 spiro atoms. The lowest BCUT2D eigenvalue weighted by atomic mass is 10.1. The fourth-order valence-electron chi connectivity index (χ4n) is 2.71. The molecule has 0 radical (unpaired) electrons. The van der Waals surface area contributed by atoms with Gasteiger partial charge in [0.25, 0.3) is 5.91 Å². The Kier molecular flexibility index (Phi) is 5.54. The highest BCUT2D eigenvalue weighted by atomic mass is 32.1. The molecule has 1 aliphatic heterocycles. The minimum atomic E-state index is -0.731. The number of aromatic nitrogens is 3. The molecule has 3 heterocycles. The summed E-state index contributed by atoms with van der Waals surface area (Å²) in [5, 5.41) is 12.6. The number of hydrogen-bond acceptors (Lipinski definition) is 6. The largest absolute Gasteiger partial charge is 0.339 e. The Labute approximate surface area is 160 Å². The Morgan fingerprint density at radius 1 is 1.41 bits per heavy atom. The number of thiophene rings is 1. The van der Waals surface area contributed by atoms with Gasteiger partial charge in [0.2, 0.25) is 5.91 Å². The van der Waals surface area contributed by atoms with Crippen molar-refractivity contribution in [3.8, 4) is 0 Å². The molecule has 0 aliphatic carbocycles. The molecule has 0 aromatic carbocycles. The minimum Gasteiger partial charge on any atom is -0.339 e. The third-order valence-corrected chi connectivity index (χ3v) is 5.16. The highest BCUT2D eigenvalue weighted by molar-refractivity contribution is 7.09. The lowest BCUT2D eigenvalue weighted by Crippen LogP contribution is -2.41. The van der Waals surface area contributed by atoms with E-state index >= 15 is 0 Å². The van der Waals surface area contributed by atoms with Gasteiger partial charge in [0.15, 0.2) is 0 Å². The molecule has 9 nitrogen and oxygen atoms in total. The van der Waals surface area contributed by atoms with E-state index in [-0.39, 0.29) is 24.9 Å². The summed E-state index contributed by atoms with van der Waals surface area (Å²) in [4.78, 5) is 40.6. The molecule has 0 saturated carbocycles. The number of carbonyl (C=O) groups is 3. The number of likely N-dealkylation sites (N-methyl/N-ethyl adjacent to an activating group) is 1. The van der Waals surface area contributed by atoms with Crippen molar-refractivity contribution in [1.29, 1.82) is 0 Å². The van der Waals surface area contributed by atoms with Crippen molar-refractivity contribution >= 4 is 29.2 Å². The predicted molar refractivity (Wildman–Crippen MR) is 98.9 cm³/mol. The van der Waals surface area contributed by atoms with Gasteiger partial charge >= 0.3 is 6.03 Å². The minimum absolute atomic E-state index is 0.160. The van der Waals surface area contributed by atoms with Crippen molar-refractivity contribution < 1.29 is 14.4 Å². The van der Waals surface area contributed by atoms with Crippen molar-refractivity contribution in [3.63, 3.8) is 0 Å². The van der Waals surface area contributed by atoms with Crippen LogP contribution >= 0.6 is 11.3 Å². The first kappa shape index (κ1) is 19.0. The SMILES string of the molecule is CC(C)n1cc(CC2NC(=O)N(CC(=O)N(C)Cc3cccs3)C2=O)nn1. The molecule has 1 N–H and O–H groups in total. The van der Waals surface area contributed by atoms with E-state index in [1.807, 2.05) is 31.4 Å². The van der Waals surface area contributed by atoms with Crippen LogP contribution in [0.5, 0.6) is 0 Å². The first-order chi connectivity index (χ1) is 12.8. The van der Waals surface area contributed by atoms with Crippen molar-refractivity contribution in [2.75, 3.05) is 13.6 Å². The van der Waals surface area contributed by atoms with E-state index in [1.54, 1.807) is 29.3 Å². The lowest BCUT2D eigenvalue weighted by molar-refractivity contribution is -0.136. The lowest BCUT2D eigenvalue weighted by Gasteiger charge is -2.19. The van der Waals surface area contributed by atoms with E-state index in [9.17, 15) is 14.4 Å². The first-order valence-corrected chi connectivity index (χ1v) is 9.52. The Morgan fingerprint density at radius 3 is 2.81 bits per heavy atom. The molecule has 27 heavy (non-hydrogen) atoms. The summed E-state index contributed by atoms with van der Waals surface area (Å²) in [5.74, 6) is -0.713. The number of carbonyl (C=O) groups excluding carboxylic acids is 3. The number of nitrogens with one attached hydrogen (secondary N) is 1. The van der Waals surface area contributed by atoms with Crippen LogP contribution in [0.25, 0.3) is 0 Å². The number of amides is 4. The van der Waals surface area contributed by atoms with E-state index in [4.69, 9.17) is 0 Å². The Balaban J connectivity index is 1.59. The topological polar surface area (TPSA) is 100 Å². The normalized spacial score (nSPS) is 16.9. The molecule has 1 aliphatic rings. The summed E-state index contributed by atoms with van der Waals surface area (Å²) in [6.45, 7) is 4.12. The van der Waals surface area contributed by atoms with Crippen LogP contribution in [0.2, 0.25) is 0 Å². The smallest absolute Gasteiger partial charge is 0.325 e. The second-order valence-corrected chi connectivity index (χ2v) is 7.78. The third kappa shape index (κ3) is 4.33. The summed E-state index contributed by atoms with van der Waals surface area (Å²) in [6, 6.07) is 2.72. The quantitative estimate of drug-likeness (QED) is 0.712. The zero-order valence-corrected chi connectivity index (χ0v) is 16.3. The number of nitrogens with zero attached hydrogens (tertiary/aromatic N) is 5. The van der Waals surface area contributed by atoms with Crippen molar-refractivity contribution in [2.24, 2.45) is 0 Å². The van der Waals surface area contributed by atoms with Gasteiger partial charge in [0.05, 0.1) is 12.2 Å². The van der Waals surface area contributed by atoms with Gasteiger partial charge in [-0.25, -0.2) is 9.48 Å². The predicted octanol–water partition coefficient (Wildman–Crippen LogP) is 1.04. The summed E-state index contributed by atoms with van der Waals surface area (Å²) in [5.41, 5.74) is 0.616. The van der Waals surface area contributed by atoms with Gasteiger partial charge in [-0.15, -0.1) is 16.4 Å².